The van der Waals surface area contributed by atoms with Crippen LogP contribution >= 0.6 is 0 Å². The highest BCUT2D eigenvalue weighted by Crippen LogP contribution is 2.03. The van der Waals surface area contributed by atoms with Gasteiger partial charge in [-0.15, -0.1) is 0 Å². The molecular weight excluding hydrogens is 264 g/mol. The first-order chi connectivity index (χ1) is 8.87. The van der Waals surface area contributed by atoms with Crippen molar-refractivity contribution in [3.8, 4) is 0 Å². The van der Waals surface area contributed by atoms with Crippen LogP contribution in [0.4, 0.5) is 0 Å². The summed E-state index contributed by atoms with van der Waals surface area (Å²) in [5.74, 6) is -0.131. The Hall–Kier alpha value is -0.620. The number of carbonyl (C=O) groups excluding carboxylic acids is 1. The van der Waals surface area contributed by atoms with Gasteiger partial charge in [-0.1, -0.05) is 26.7 Å². The molecule has 0 heterocycles. The second-order valence-corrected chi connectivity index (χ2v) is 6.82. The molecular formula is C13H28N2O3S. The molecule has 0 aliphatic heterocycles. The van der Waals surface area contributed by atoms with E-state index in [0.29, 0.717) is 13.1 Å². The molecule has 0 saturated carbocycles. The van der Waals surface area contributed by atoms with Crippen LogP contribution in [0.1, 0.15) is 53.4 Å². The molecule has 0 aromatic carbocycles. The average Bonchev–Trinajstić information content (AvgIpc) is 2.37. The van der Waals surface area contributed by atoms with E-state index in [9.17, 15) is 13.2 Å². The van der Waals surface area contributed by atoms with Gasteiger partial charge >= 0.3 is 0 Å². The SMILES string of the molecule is CCCCN(CCCC)C(=O)[C@H](C)NS(=O)(=O)CC. The van der Waals surface area contributed by atoms with Crippen molar-refractivity contribution in [1.29, 1.82) is 0 Å². The Balaban J connectivity index is 4.58. The van der Waals surface area contributed by atoms with Gasteiger partial charge in [-0.05, 0) is 26.7 Å². The summed E-state index contributed by atoms with van der Waals surface area (Å²) in [5, 5.41) is 0. The van der Waals surface area contributed by atoms with Gasteiger partial charge in [0.25, 0.3) is 0 Å². The van der Waals surface area contributed by atoms with Crippen molar-refractivity contribution in [3.63, 3.8) is 0 Å². The van der Waals surface area contributed by atoms with Gasteiger partial charge in [-0.2, -0.15) is 0 Å². The second kappa shape index (κ2) is 9.31. The van der Waals surface area contributed by atoms with Crippen molar-refractivity contribution < 1.29 is 13.2 Å². The molecule has 1 N–H and O–H groups in total. The lowest BCUT2D eigenvalue weighted by molar-refractivity contribution is -0.132. The van der Waals surface area contributed by atoms with Crippen LogP contribution in [0, 0.1) is 0 Å². The zero-order valence-electron chi connectivity index (χ0n) is 12.6. The number of unbranched alkanes of at least 4 members (excludes halogenated alkanes) is 2. The van der Waals surface area contributed by atoms with E-state index in [1.54, 1.807) is 18.7 Å². The molecule has 19 heavy (non-hydrogen) atoms. The average molecular weight is 292 g/mol. The Labute approximate surface area is 117 Å². The van der Waals surface area contributed by atoms with Gasteiger partial charge in [0.1, 0.15) is 0 Å². The first kappa shape index (κ1) is 18.4. The third-order valence-corrected chi connectivity index (χ3v) is 4.45. The van der Waals surface area contributed by atoms with Crippen LogP contribution in [0.15, 0.2) is 0 Å². The third-order valence-electron chi connectivity index (χ3n) is 2.98. The van der Waals surface area contributed by atoms with E-state index in [1.165, 1.54) is 0 Å². The lowest BCUT2D eigenvalue weighted by Crippen LogP contribution is -2.47. The first-order valence-electron chi connectivity index (χ1n) is 7.16. The molecule has 0 saturated heterocycles. The summed E-state index contributed by atoms with van der Waals surface area (Å²) in [5.41, 5.74) is 0. The molecule has 114 valence electrons. The van der Waals surface area contributed by atoms with Crippen molar-refractivity contribution in [2.45, 2.75) is 59.4 Å². The van der Waals surface area contributed by atoms with Crippen LogP contribution in [0.25, 0.3) is 0 Å². The highest BCUT2D eigenvalue weighted by Gasteiger charge is 2.23. The predicted octanol–water partition coefficient (Wildman–Crippen LogP) is 1.74. The van der Waals surface area contributed by atoms with Crippen LogP contribution in [-0.2, 0) is 14.8 Å². The fourth-order valence-corrected chi connectivity index (χ4v) is 2.51. The molecule has 0 spiro atoms. The number of hydrogen-bond acceptors (Lipinski definition) is 3. The van der Waals surface area contributed by atoms with Crippen molar-refractivity contribution in [3.05, 3.63) is 0 Å². The zero-order chi connectivity index (χ0) is 14.9. The largest absolute Gasteiger partial charge is 0.341 e. The number of sulfonamides is 1. The Bertz CT molecular complexity index is 347. The standard InChI is InChI=1S/C13H28N2O3S/c1-5-8-10-15(11-9-6-2)13(16)12(4)14-19(17,18)7-3/h12,14H,5-11H2,1-4H3/t12-/m0/s1. The maximum absolute atomic E-state index is 12.2. The minimum atomic E-state index is -3.34. The predicted molar refractivity (Wildman–Crippen MR) is 78.5 cm³/mol. The number of carbonyl (C=O) groups is 1. The molecule has 0 aliphatic carbocycles. The fraction of sp³-hybridized carbons (Fsp3) is 0.923. The van der Waals surface area contributed by atoms with Gasteiger partial charge in [-0.25, -0.2) is 13.1 Å². The van der Waals surface area contributed by atoms with Crippen molar-refractivity contribution in [1.82, 2.24) is 9.62 Å². The van der Waals surface area contributed by atoms with Crippen molar-refractivity contribution in [2.24, 2.45) is 0 Å². The van der Waals surface area contributed by atoms with Gasteiger partial charge in [0.2, 0.25) is 15.9 Å². The summed E-state index contributed by atoms with van der Waals surface area (Å²) in [6.45, 7) is 8.73. The molecule has 0 aliphatic rings. The number of nitrogens with zero attached hydrogens (tertiary/aromatic N) is 1. The van der Waals surface area contributed by atoms with E-state index in [2.05, 4.69) is 18.6 Å². The maximum atomic E-state index is 12.2. The summed E-state index contributed by atoms with van der Waals surface area (Å²) in [7, 11) is -3.34. The molecule has 0 aromatic rings. The summed E-state index contributed by atoms with van der Waals surface area (Å²) in [4.78, 5) is 14.0. The molecule has 6 heteroatoms. The lowest BCUT2D eigenvalue weighted by atomic mass is 10.2. The van der Waals surface area contributed by atoms with Crippen molar-refractivity contribution >= 4 is 15.9 Å². The molecule has 0 radical (unpaired) electrons. The number of amides is 1. The topological polar surface area (TPSA) is 66.5 Å². The van der Waals surface area contributed by atoms with Crippen LogP contribution < -0.4 is 4.72 Å². The van der Waals surface area contributed by atoms with E-state index in [4.69, 9.17) is 0 Å². The lowest BCUT2D eigenvalue weighted by Gasteiger charge is -2.26. The van der Waals surface area contributed by atoms with Crippen LogP contribution in [0.2, 0.25) is 0 Å². The van der Waals surface area contributed by atoms with Crippen LogP contribution in [0.5, 0.6) is 0 Å². The summed E-state index contributed by atoms with van der Waals surface area (Å²) >= 11 is 0. The van der Waals surface area contributed by atoms with Gasteiger partial charge < -0.3 is 4.90 Å². The van der Waals surface area contributed by atoms with E-state index in [0.717, 1.165) is 25.7 Å². The summed E-state index contributed by atoms with van der Waals surface area (Å²) in [6, 6.07) is -0.682. The molecule has 0 unspecified atom stereocenters. The minimum absolute atomic E-state index is 0.00542. The molecule has 0 aromatic heterocycles. The van der Waals surface area contributed by atoms with E-state index >= 15 is 0 Å². The maximum Gasteiger partial charge on any atom is 0.240 e. The molecule has 0 bridgehead atoms. The smallest absolute Gasteiger partial charge is 0.240 e. The Morgan fingerprint density at radius 1 is 1.11 bits per heavy atom. The molecule has 1 atom stereocenters. The van der Waals surface area contributed by atoms with E-state index in [1.807, 2.05) is 0 Å². The monoisotopic (exact) mass is 292 g/mol. The number of rotatable bonds is 10. The van der Waals surface area contributed by atoms with E-state index in [-0.39, 0.29) is 11.7 Å². The van der Waals surface area contributed by atoms with Crippen molar-refractivity contribution in [2.75, 3.05) is 18.8 Å². The Kier molecular flexibility index (Phi) is 9.01. The van der Waals surface area contributed by atoms with Gasteiger partial charge in [0.15, 0.2) is 0 Å². The molecule has 1 amide bonds. The normalized spacial score (nSPS) is 13.3. The number of hydrogen-bond donors (Lipinski definition) is 1. The fourth-order valence-electron chi connectivity index (χ4n) is 1.71. The van der Waals surface area contributed by atoms with Gasteiger partial charge in [0, 0.05) is 13.1 Å². The Morgan fingerprint density at radius 2 is 1.58 bits per heavy atom. The van der Waals surface area contributed by atoms with E-state index < -0.39 is 16.1 Å². The van der Waals surface area contributed by atoms with Crippen LogP contribution in [0.3, 0.4) is 0 Å². The minimum Gasteiger partial charge on any atom is -0.341 e. The highest BCUT2D eigenvalue weighted by molar-refractivity contribution is 7.89. The summed E-state index contributed by atoms with van der Waals surface area (Å²) in [6.07, 6.45) is 3.93. The molecule has 0 rings (SSSR count). The first-order valence-corrected chi connectivity index (χ1v) is 8.81. The third kappa shape index (κ3) is 7.52. The number of nitrogens with one attached hydrogen (secondary N) is 1. The van der Waals surface area contributed by atoms with Gasteiger partial charge in [-0.3, -0.25) is 4.79 Å². The van der Waals surface area contributed by atoms with Gasteiger partial charge in [0.05, 0.1) is 11.8 Å². The quantitative estimate of drug-likeness (QED) is 0.667. The zero-order valence-corrected chi connectivity index (χ0v) is 13.4. The van der Waals surface area contributed by atoms with Crippen LogP contribution in [-0.4, -0.2) is 44.1 Å². The Morgan fingerprint density at radius 3 is 1.95 bits per heavy atom. The highest BCUT2D eigenvalue weighted by atomic mass is 32.2. The second-order valence-electron chi connectivity index (χ2n) is 4.78. The molecule has 5 nitrogen and oxygen atoms in total. The summed E-state index contributed by atoms with van der Waals surface area (Å²) < 4.78 is 25.4. The molecule has 0 fully saturated rings.